The molecule has 0 radical (unpaired) electrons. The molecular formula is C18H13ClN4O2S2. The lowest BCUT2D eigenvalue weighted by molar-refractivity contribution is -0.113. The first-order chi connectivity index (χ1) is 13.0. The molecule has 0 unspecified atom stereocenters. The topological polar surface area (TPSA) is 87.8 Å². The maximum Gasteiger partial charge on any atom is 0.263 e. The predicted molar refractivity (Wildman–Crippen MR) is 110 cm³/mol. The van der Waals surface area contributed by atoms with Crippen LogP contribution in [0.15, 0.2) is 52.3 Å². The van der Waals surface area contributed by atoms with Crippen molar-refractivity contribution in [2.75, 3.05) is 11.1 Å². The van der Waals surface area contributed by atoms with Gasteiger partial charge in [0, 0.05) is 12.2 Å². The van der Waals surface area contributed by atoms with Gasteiger partial charge in [-0.15, -0.1) is 17.9 Å². The molecule has 9 heteroatoms. The Morgan fingerprint density at radius 3 is 3.00 bits per heavy atom. The number of rotatable bonds is 6. The van der Waals surface area contributed by atoms with Crippen molar-refractivity contribution in [2.24, 2.45) is 0 Å². The third-order valence-corrected chi connectivity index (χ3v) is 5.66. The van der Waals surface area contributed by atoms with Gasteiger partial charge < -0.3 is 5.32 Å². The SMILES string of the molecule is C=CCn1c(SCC(=O)Nc2ccc(C#N)c(Cl)c2)nc2sccc2c1=O. The number of carbonyl (C=O) groups is 1. The summed E-state index contributed by atoms with van der Waals surface area (Å²) in [6, 6.07) is 8.37. The number of hydrogen-bond donors (Lipinski definition) is 1. The van der Waals surface area contributed by atoms with Gasteiger partial charge in [0.15, 0.2) is 5.16 Å². The summed E-state index contributed by atoms with van der Waals surface area (Å²) >= 11 is 8.52. The van der Waals surface area contributed by atoms with Gasteiger partial charge in [-0.05, 0) is 29.6 Å². The predicted octanol–water partition coefficient (Wildman–Crippen LogP) is 3.90. The monoisotopic (exact) mass is 416 g/mol. The summed E-state index contributed by atoms with van der Waals surface area (Å²) in [6.07, 6.45) is 1.62. The van der Waals surface area contributed by atoms with Gasteiger partial charge in [-0.25, -0.2) is 4.98 Å². The minimum absolute atomic E-state index is 0.0675. The molecule has 3 rings (SSSR count). The largest absolute Gasteiger partial charge is 0.325 e. The third-order valence-electron chi connectivity index (χ3n) is 3.57. The molecule has 0 saturated carbocycles. The lowest BCUT2D eigenvalue weighted by Gasteiger charge is -2.10. The Hall–Kier alpha value is -2.60. The van der Waals surface area contributed by atoms with Crippen molar-refractivity contribution in [3.05, 3.63) is 63.2 Å². The highest BCUT2D eigenvalue weighted by atomic mass is 35.5. The molecule has 2 heterocycles. The quantitative estimate of drug-likeness (QED) is 0.374. The Kier molecular flexibility index (Phi) is 5.96. The number of thioether (sulfide) groups is 1. The van der Waals surface area contributed by atoms with Crippen LogP contribution in [0.1, 0.15) is 5.56 Å². The van der Waals surface area contributed by atoms with E-state index in [0.717, 1.165) is 0 Å². The molecule has 0 atom stereocenters. The van der Waals surface area contributed by atoms with E-state index in [9.17, 15) is 9.59 Å². The number of fused-ring (bicyclic) bond motifs is 1. The van der Waals surface area contributed by atoms with Gasteiger partial charge in [-0.3, -0.25) is 14.2 Å². The zero-order valence-corrected chi connectivity index (χ0v) is 16.3. The molecule has 0 aliphatic rings. The molecule has 136 valence electrons. The molecule has 0 aliphatic carbocycles. The van der Waals surface area contributed by atoms with Crippen LogP contribution in [0, 0.1) is 11.3 Å². The van der Waals surface area contributed by atoms with Crippen molar-refractivity contribution in [1.29, 1.82) is 5.26 Å². The maximum atomic E-state index is 12.6. The fraction of sp³-hybridized carbons (Fsp3) is 0.111. The lowest BCUT2D eigenvalue weighted by Crippen LogP contribution is -2.23. The van der Waals surface area contributed by atoms with Gasteiger partial charge in [0.1, 0.15) is 10.9 Å². The van der Waals surface area contributed by atoms with Gasteiger partial charge in [0.05, 0.1) is 21.7 Å². The number of anilines is 1. The van der Waals surface area contributed by atoms with E-state index in [1.165, 1.54) is 33.7 Å². The average molecular weight is 417 g/mol. The van der Waals surface area contributed by atoms with Crippen molar-refractivity contribution in [3.8, 4) is 6.07 Å². The molecule has 2 aromatic heterocycles. The normalized spacial score (nSPS) is 10.5. The van der Waals surface area contributed by atoms with Gasteiger partial charge in [0.2, 0.25) is 5.91 Å². The Morgan fingerprint density at radius 2 is 2.30 bits per heavy atom. The van der Waals surface area contributed by atoms with Crippen LogP contribution in [0.5, 0.6) is 0 Å². The van der Waals surface area contributed by atoms with Crippen molar-refractivity contribution < 1.29 is 4.79 Å². The number of allylic oxidation sites excluding steroid dienone is 1. The van der Waals surface area contributed by atoms with Crippen LogP contribution in [0.3, 0.4) is 0 Å². The Balaban J connectivity index is 1.76. The maximum absolute atomic E-state index is 12.6. The smallest absolute Gasteiger partial charge is 0.263 e. The Labute approximate surface area is 168 Å². The van der Waals surface area contributed by atoms with Crippen LogP contribution in [0.4, 0.5) is 5.69 Å². The first-order valence-corrected chi connectivity index (χ1v) is 9.99. The van der Waals surface area contributed by atoms with Crippen molar-refractivity contribution in [3.63, 3.8) is 0 Å². The summed E-state index contributed by atoms with van der Waals surface area (Å²) < 4.78 is 1.50. The molecule has 0 spiro atoms. The van der Waals surface area contributed by atoms with E-state index in [4.69, 9.17) is 16.9 Å². The minimum Gasteiger partial charge on any atom is -0.325 e. The highest BCUT2D eigenvalue weighted by Gasteiger charge is 2.14. The van der Waals surface area contributed by atoms with Crippen LogP contribution in [-0.4, -0.2) is 21.2 Å². The number of nitrogens with one attached hydrogen (secondary N) is 1. The Bertz CT molecular complexity index is 1130. The molecule has 6 nitrogen and oxygen atoms in total. The zero-order chi connectivity index (χ0) is 19.4. The van der Waals surface area contributed by atoms with E-state index in [0.29, 0.717) is 33.2 Å². The zero-order valence-electron chi connectivity index (χ0n) is 13.9. The first kappa shape index (κ1) is 19.2. The highest BCUT2D eigenvalue weighted by Crippen LogP contribution is 2.23. The van der Waals surface area contributed by atoms with E-state index >= 15 is 0 Å². The number of thiophene rings is 1. The van der Waals surface area contributed by atoms with E-state index in [1.54, 1.807) is 24.3 Å². The van der Waals surface area contributed by atoms with Crippen LogP contribution in [-0.2, 0) is 11.3 Å². The van der Waals surface area contributed by atoms with Gasteiger partial charge in [-0.1, -0.05) is 29.4 Å². The van der Waals surface area contributed by atoms with Crippen LogP contribution in [0.2, 0.25) is 5.02 Å². The van der Waals surface area contributed by atoms with Gasteiger partial charge >= 0.3 is 0 Å². The molecule has 1 N–H and O–H groups in total. The molecule has 1 aromatic carbocycles. The summed E-state index contributed by atoms with van der Waals surface area (Å²) in [5.74, 6) is -0.204. The molecule has 0 bridgehead atoms. The van der Waals surface area contributed by atoms with Crippen LogP contribution >= 0.6 is 34.7 Å². The number of benzene rings is 1. The number of nitrogens with zero attached hydrogens (tertiary/aromatic N) is 3. The number of halogens is 1. The van der Waals surface area contributed by atoms with Crippen LogP contribution < -0.4 is 10.9 Å². The fourth-order valence-corrected chi connectivity index (χ4v) is 4.18. The van der Waals surface area contributed by atoms with Crippen LogP contribution in [0.25, 0.3) is 10.2 Å². The van der Waals surface area contributed by atoms with Crippen molar-refractivity contribution >= 4 is 56.5 Å². The third kappa shape index (κ3) is 4.22. The highest BCUT2D eigenvalue weighted by molar-refractivity contribution is 7.99. The second kappa shape index (κ2) is 8.39. The summed E-state index contributed by atoms with van der Waals surface area (Å²) in [4.78, 5) is 29.9. The molecule has 3 aromatic rings. The number of hydrogen-bond acceptors (Lipinski definition) is 6. The van der Waals surface area contributed by atoms with E-state index < -0.39 is 0 Å². The second-order valence-corrected chi connectivity index (χ2v) is 7.63. The molecule has 0 saturated heterocycles. The molecule has 1 amide bonds. The number of aromatic nitrogens is 2. The number of nitriles is 1. The fourth-order valence-electron chi connectivity index (χ4n) is 2.34. The number of carbonyl (C=O) groups excluding carboxylic acids is 1. The summed E-state index contributed by atoms with van der Waals surface area (Å²) in [5, 5.41) is 14.7. The van der Waals surface area contributed by atoms with Gasteiger partial charge in [0.25, 0.3) is 5.56 Å². The molecular weight excluding hydrogens is 404 g/mol. The first-order valence-electron chi connectivity index (χ1n) is 7.74. The lowest BCUT2D eigenvalue weighted by atomic mass is 10.2. The minimum atomic E-state index is -0.272. The van der Waals surface area contributed by atoms with E-state index in [2.05, 4.69) is 16.9 Å². The van der Waals surface area contributed by atoms with Crippen molar-refractivity contribution in [1.82, 2.24) is 9.55 Å². The van der Waals surface area contributed by atoms with E-state index in [1.807, 2.05) is 11.4 Å². The summed E-state index contributed by atoms with van der Waals surface area (Å²) in [6.45, 7) is 3.98. The average Bonchev–Trinajstić information content (AvgIpc) is 3.11. The standard InChI is InChI=1S/C18H13ClN4O2S2/c1-2-6-23-17(25)13-5-7-26-16(13)22-18(23)27-10-15(24)21-12-4-3-11(9-20)14(19)8-12/h2-5,7-8H,1,6,10H2,(H,21,24). The van der Waals surface area contributed by atoms with Gasteiger partial charge in [-0.2, -0.15) is 5.26 Å². The molecule has 0 fully saturated rings. The van der Waals surface area contributed by atoms with E-state index in [-0.39, 0.29) is 22.2 Å². The summed E-state index contributed by atoms with van der Waals surface area (Å²) in [7, 11) is 0. The summed E-state index contributed by atoms with van der Waals surface area (Å²) in [5.41, 5.74) is 0.684. The van der Waals surface area contributed by atoms with Crippen molar-refractivity contribution in [2.45, 2.75) is 11.7 Å². The number of amides is 1. The molecule has 0 aliphatic heterocycles. The second-order valence-electron chi connectivity index (χ2n) is 5.38. The molecule has 27 heavy (non-hydrogen) atoms. The Morgan fingerprint density at radius 1 is 1.48 bits per heavy atom.